The Labute approximate surface area is 157 Å². The Hall–Kier alpha value is -1.68. The second-order valence-corrected chi connectivity index (χ2v) is 7.87. The molecule has 0 saturated heterocycles. The second kappa shape index (κ2) is 8.34. The van der Waals surface area contributed by atoms with Gasteiger partial charge in [-0.05, 0) is 47.4 Å². The summed E-state index contributed by atoms with van der Waals surface area (Å²) >= 11 is 0. The summed E-state index contributed by atoms with van der Waals surface area (Å²) in [6, 6.07) is 17.5. The van der Waals surface area contributed by atoms with Crippen LogP contribution in [0.4, 0.5) is 0 Å². The summed E-state index contributed by atoms with van der Waals surface area (Å²) in [5, 5.41) is 13.9. The average molecular weight is 351 g/mol. The molecule has 0 amide bonds. The summed E-state index contributed by atoms with van der Waals surface area (Å²) in [7, 11) is 0. The molecule has 1 atom stereocenters. The van der Waals surface area contributed by atoms with Crippen LogP contribution in [0.3, 0.4) is 0 Å². The van der Waals surface area contributed by atoms with E-state index in [0.717, 1.165) is 38.5 Å². The van der Waals surface area contributed by atoms with Crippen molar-refractivity contribution in [3.05, 3.63) is 70.8 Å². The molecule has 3 heteroatoms. The molecular formula is C23H30N2O. The van der Waals surface area contributed by atoms with Crippen LogP contribution in [0.5, 0.6) is 0 Å². The fourth-order valence-electron chi connectivity index (χ4n) is 4.26. The number of hydrogen-bond acceptors (Lipinski definition) is 3. The Morgan fingerprint density at radius 1 is 1.04 bits per heavy atom. The van der Waals surface area contributed by atoms with Crippen molar-refractivity contribution in [1.82, 2.24) is 10.2 Å². The predicted molar refractivity (Wildman–Crippen MR) is 106 cm³/mol. The number of hydrogen-bond donors (Lipinski definition) is 2. The van der Waals surface area contributed by atoms with E-state index in [4.69, 9.17) is 0 Å². The van der Waals surface area contributed by atoms with Gasteiger partial charge >= 0.3 is 0 Å². The van der Waals surface area contributed by atoms with Crippen molar-refractivity contribution in [2.24, 2.45) is 0 Å². The van der Waals surface area contributed by atoms with Gasteiger partial charge in [0.2, 0.25) is 0 Å². The minimum atomic E-state index is -0.323. The van der Waals surface area contributed by atoms with Gasteiger partial charge in [0.05, 0.1) is 6.10 Å². The van der Waals surface area contributed by atoms with Crippen molar-refractivity contribution in [2.45, 2.75) is 50.8 Å². The van der Waals surface area contributed by atoms with Gasteiger partial charge in [-0.1, -0.05) is 55.0 Å². The first-order chi connectivity index (χ1) is 12.8. The Balaban J connectivity index is 1.24. The third-order valence-corrected chi connectivity index (χ3v) is 5.97. The lowest BCUT2D eigenvalue weighted by Crippen LogP contribution is -2.40. The summed E-state index contributed by atoms with van der Waals surface area (Å²) < 4.78 is 0. The van der Waals surface area contributed by atoms with Gasteiger partial charge in [0, 0.05) is 32.7 Å². The lowest BCUT2D eigenvalue weighted by molar-refractivity contribution is 0.104. The first kappa shape index (κ1) is 17.7. The number of β-amino-alcohol motifs (C(OH)–C–C–N with tert-alkyl or cyclic N) is 1. The summed E-state index contributed by atoms with van der Waals surface area (Å²) in [6.45, 7) is 4.24. The molecule has 1 aliphatic carbocycles. The van der Waals surface area contributed by atoms with Crippen LogP contribution in [-0.2, 0) is 19.5 Å². The smallest absolute Gasteiger partial charge is 0.0791 e. The van der Waals surface area contributed by atoms with Gasteiger partial charge in [0.1, 0.15) is 0 Å². The van der Waals surface area contributed by atoms with E-state index in [1.165, 1.54) is 41.5 Å². The standard InChI is InChI=1S/C23H30N2O/c26-22(17-25-13-12-18-6-1-2-8-21(18)16-25)15-24-14-20-7-3-4-11-23(20)19-9-5-10-19/h1-4,6-8,11,19,22,24,26H,5,9-10,12-17H2. The topological polar surface area (TPSA) is 35.5 Å². The van der Waals surface area contributed by atoms with E-state index in [9.17, 15) is 5.11 Å². The van der Waals surface area contributed by atoms with Gasteiger partial charge in [-0.15, -0.1) is 0 Å². The quantitative estimate of drug-likeness (QED) is 0.803. The van der Waals surface area contributed by atoms with E-state index in [2.05, 4.69) is 58.7 Å². The molecule has 0 radical (unpaired) electrons. The molecule has 0 spiro atoms. The minimum absolute atomic E-state index is 0.323. The van der Waals surface area contributed by atoms with Crippen molar-refractivity contribution < 1.29 is 5.11 Å². The molecule has 0 aromatic heterocycles. The van der Waals surface area contributed by atoms with Crippen LogP contribution in [0, 0.1) is 0 Å². The number of aliphatic hydroxyl groups is 1. The minimum Gasteiger partial charge on any atom is -0.390 e. The van der Waals surface area contributed by atoms with Gasteiger partial charge in [-0.25, -0.2) is 0 Å². The van der Waals surface area contributed by atoms with E-state index in [-0.39, 0.29) is 6.10 Å². The molecule has 1 saturated carbocycles. The fraction of sp³-hybridized carbons (Fsp3) is 0.478. The van der Waals surface area contributed by atoms with Gasteiger partial charge in [-0.2, -0.15) is 0 Å². The number of benzene rings is 2. The maximum Gasteiger partial charge on any atom is 0.0791 e. The average Bonchev–Trinajstić information content (AvgIpc) is 2.61. The van der Waals surface area contributed by atoms with Crippen LogP contribution in [0.15, 0.2) is 48.5 Å². The lowest BCUT2D eigenvalue weighted by atomic mass is 9.78. The number of rotatable bonds is 7. The van der Waals surface area contributed by atoms with Crippen molar-refractivity contribution in [1.29, 1.82) is 0 Å². The third kappa shape index (κ3) is 4.17. The molecule has 1 heterocycles. The highest BCUT2D eigenvalue weighted by molar-refractivity contribution is 5.31. The zero-order valence-corrected chi connectivity index (χ0v) is 15.5. The molecule has 1 aliphatic heterocycles. The Bertz CT molecular complexity index is 726. The largest absolute Gasteiger partial charge is 0.390 e. The van der Waals surface area contributed by atoms with Crippen LogP contribution in [0.25, 0.3) is 0 Å². The van der Waals surface area contributed by atoms with Gasteiger partial charge in [0.25, 0.3) is 0 Å². The zero-order chi connectivity index (χ0) is 17.8. The van der Waals surface area contributed by atoms with Crippen LogP contribution in [-0.4, -0.2) is 35.7 Å². The first-order valence-corrected chi connectivity index (χ1v) is 10.1. The van der Waals surface area contributed by atoms with Gasteiger partial charge in [-0.3, -0.25) is 4.90 Å². The summed E-state index contributed by atoms with van der Waals surface area (Å²) in [5.41, 5.74) is 5.78. The van der Waals surface area contributed by atoms with Crippen molar-refractivity contribution in [3.8, 4) is 0 Å². The van der Waals surface area contributed by atoms with Crippen LogP contribution in [0.2, 0.25) is 0 Å². The monoisotopic (exact) mass is 350 g/mol. The number of nitrogens with one attached hydrogen (secondary N) is 1. The van der Waals surface area contributed by atoms with Crippen LogP contribution in [0.1, 0.15) is 47.4 Å². The molecular weight excluding hydrogens is 320 g/mol. The molecule has 2 aromatic carbocycles. The maximum atomic E-state index is 10.5. The normalized spacial score (nSPS) is 19.0. The Kier molecular flexibility index (Phi) is 5.68. The van der Waals surface area contributed by atoms with Crippen molar-refractivity contribution in [3.63, 3.8) is 0 Å². The third-order valence-electron chi connectivity index (χ3n) is 5.97. The Morgan fingerprint density at radius 2 is 1.81 bits per heavy atom. The van der Waals surface area contributed by atoms with E-state index in [0.29, 0.717) is 6.54 Å². The zero-order valence-electron chi connectivity index (χ0n) is 15.5. The van der Waals surface area contributed by atoms with Gasteiger partial charge < -0.3 is 10.4 Å². The molecule has 4 rings (SSSR count). The fourth-order valence-corrected chi connectivity index (χ4v) is 4.26. The second-order valence-electron chi connectivity index (χ2n) is 7.87. The molecule has 2 aliphatic rings. The van der Waals surface area contributed by atoms with Gasteiger partial charge in [0.15, 0.2) is 0 Å². The van der Waals surface area contributed by atoms with E-state index in [1.54, 1.807) is 0 Å². The molecule has 138 valence electrons. The number of nitrogens with zero attached hydrogens (tertiary/aromatic N) is 1. The number of fused-ring (bicyclic) bond motifs is 1. The highest BCUT2D eigenvalue weighted by Crippen LogP contribution is 2.37. The molecule has 2 aromatic rings. The van der Waals surface area contributed by atoms with E-state index < -0.39 is 0 Å². The predicted octanol–water partition coefficient (Wildman–Crippen LogP) is 3.46. The summed E-state index contributed by atoms with van der Waals surface area (Å²) in [6.07, 6.45) is 4.79. The highest BCUT2D eigenvalue weighted by atomic mass is 16.3. The van der Waals surface area contributed by atoms with Crippen molar-refractivity contribution in [2.75, 3.05) is 19.6 Å². The maximum absolute atomic E-state index is 10.5. The highest BCUT2D eigenvalue weighted by Gasteiger charge is 2.22. The molecule has 0 bridgehead atoms. The molecule has 3 nitrogen and oxygen atoms in total. The first-order valence-electron chi connectivity index (χ1n) is 10.1. The SMILES string of the molecule is OC(CNCc1ccccc1C1CCC1)CN1CCc2ccccc2C1. The molecule has 2 N–H and O–H groups in total. The number of aliphatic hydroxyl groups excluding tert-OH is 1. The molecule has 1 fully saturated rings. The van der Waals surface area contributed by atoms with Crippen LogP contribution < -0.4 is 5.32 Å². The summed E-state index contributed by atoms with van der Waals surface area (Å²) in [4.78, 5) is 2.37. The van der Waals surface area contributed by atoms with E-state index >= 15 is 0 Å². The Morgan fingerprint density at radius 3 is 2.62 bits per heavy atom. The summed E-state index contributed by atoms with van der Waals surface area (Å²) in [5.74, 6) is 0.756. The lowest BCUT2D eigenvalue weighted by Gasteiger charge is -2.30. The molecule has 1 unspecified atom stereocenters. The molecule has 26 heavy (non-hydrogen) atoms. The van der Waals surface area contributed by atoms with Crippen molar-refractivity contribution >= 4 is 0 Å². The van der Waals surface area contributed by atoms with Crippen LogP contribution >= 0.6 is 0 Å². The van der Waals surface area contributed by atoms with E-state index in [1.807, 2.05) is 0 Å².